The number of nitrogens with zero attached hydrogens (tertiary/aromatic N) is 1. The molecule has 0 spiro atoms. The number of hydrogen-bond acceptors (Lipinski definition) is 6. The van der Waals surface area contributed by atoms with Crippen molar-refractivity contribution in [3.63, 3.8) is 0 Å². The molecule has 0 fully saturated rings. The predicted molar refractivity (Wildman–Crippen MR) is 135 cm³/mol. The first-order valence-corrected chi connectivity index (χ1v) is 11.4. The standard InChI is InChI=1S/C26H27N3O3S/c1-26(2,3)29-24(30)23-22(27)21-18(17-13-16(31-4)11-12-20(17)32-5)14-19(28-25(21)33-23)15-9-7-6-8-10-15/h6-14H,27H2,1-5H3,(H,29,30). The van der Waals surface area contributed by atoms with Gasteiger partial charge < -0.3 is 20.5 Å². The molecule has 170 valence electrons. The number of carbonyl (C=O) groups excluding carboxylic acids is 1. The van der Waals surface area contributed by atoms with Crippen LogP contribution in [0, 0.1) is 0 Å². The first-order valence-electron chi connectivity index (χ1n) is 10.5. The van der Waals surface area contributed by atoms with Crippen molar-refractivity contribution in [2.24, 2.45) is 0 Å². The minimum atomic E-state index is -0.388. The lowest BCUT2D eigenvalue weighted by Gasteiger charge is -2.20. The molecule has 6 nitrogen and oxygen atoms in total. The molecule has 2 aromatic heterocycles. The highest BCUT2D eigenvalue weighted by Crippen LogP contribution is 2.44. The van der Waals surface area contributed by atoms with Crippen molar-refractivity contribution < 1.29 is 14.3 Å². The van der Waals surface area contributed by atoms with Gasteiger partial charge in [-0.1, -0.05) is 30.3 Å². The lowest BCUT2D eigenvalue weighted by atomic mass is 9.98. The molecule has 0 saturated heterocycles. The third-order valence-corrected chi connectivity index (χ3v) is 6.26. The molecule has 0 radical (unpaired) electrons. The zero-order valence-electron chi connectivity index (χ0n) is 19.4. The third kappa shape index (κ3) is 4.50. The molecule has 0 unspecified atom stereocenters. The summed E-state index contributed by atoms with van der Waals surface area (Å²) in [5, 5.41) is 3.73. The molecule has 2 heterocycles. The first-order chi connectivity index (χ1) is 15.7. The average Bonchev–Trinajstić information content (AvgIpc) is 3.14. The molecule has 7 heteroatoms. The van der Waals surface area contributed by atoms with Gasteiger partial charge in [-0.2, -0.15) is 0 Å². The van der Waals surface area contributed by atoms with E-state index >= 15 is 0 Å². The van der Waals surface area contributed by atoms with E-state index in [1.807, 2.05) is 75.4 Å². The molecule has 4 rings (SSSR count). The molecule has 0 atom stereocenters. The van der Waals surface area contributed by atoms with Gasteiger partial charge in [0, 0.05) is 27.6 Å². The van der Waals surface area contributed by atoms with Gasteiger partial charge in [0.05, 0.1) is 25.6 Å². The van der Waals surface area contributed by atoms with Crippen LogP contribution in [0.25, 0.3) is 32.6 Å². The summed E-state index contributed by atoms with van der Waals surface area (Å²) in [5.74, 6) is 1.15. The van der Waals surface area contributed by atoms with Crippen LogP contribution in [0.1, 0.15) is 30.4 Å². The SMILES string of the molecule is COc1ccc(OC)c(-c2cc(-c3ccccc3)nc3sc(C(=O)NC(C)(C)C)c(N)c23)c1. The summed E-state index contributed by atoms with van der Waals surface area (Å²) < 4.78 is 11.1. The molecule has 33 heavy (non-hydrogen) atoms. The van der Waals surface area contributed by atoms with E-state index in [0.717, 1.165) is 27.8 Å². The third-order valence-electron chi connectivity index (χ3n) is 5.16. The van der Waals surface area contributed by atoms with Crippen LogP contribution in [0.3, 0.4) is 0 Å². The van der Waals surface area contributed by atoms with Gasteiger partial charge >= 0.3 is 0 Å². The zero-order chi connectivity index (χ0) is 23.8. The summed E-state index contributed by atoms with van der Waals surface area (Å²) in [6.45, 7) is 5.81. The number of ether oxygens (including phenoxy) is 2. The second-order valence-corrected chi connectivity index (χ2v) is 9.72. The zero-order valence-corrected chi connectivity index (χ0v) is 20.2. The molecule has 4 aromatic rings. The number of methoxy groups -OCH3 is 2. The fourth-order valence-electron chi connectivity index (χ4n) is 3.68. The number of amides is 1. The molecular formula is C26H27N3O3S. The number of rotatable bonds is 5. The van der Waals surface area contributed by atoms with E-state index in [4.69, 9.17) is 20.2 Å². The molecule has 1 amide bonds. The fourth-order valence-corrected chi connectivity index (χ4v) is 4.70. The Bertz CT molecular complexity index is 1320. The molecule has 3 N–H and O–H groups in total. The van der Waals surface area contributed by atoms with Gasteiger partial charge in [0.25, 0.3) is 5.91 Å². The van der Waals surface area contributed by atoms with E-state index in [1.165, 1.54) is 11.3 Å². The summed E-state index contributed by atoms with van der Waals surface area (Å²) in [7, 11) is 3.25. The second-order valence-electron chi connectivity index (χ2n) is 8.72. The molecule has 2 aromatic carbocycles. The Hall–Kier alpha value is -3.58. The smallest absolute Gasteiger partial charge is 0.263 e. The quantitative estimate of drug-likeness (QED) is 0.395. The van der Waals surface area contributed by atoms with Gasteiger partial charge in [0.1, 0.15) is 21.2 Å². The molecule has 0 aliphatic carbocycles. The van der Waals surface area contributed by atoms with Gasteiger partial charge in [0.2, 0.25) is 0 Å². The van der Waals surface area contributed by atoms with Gasteiger partial charge in [0.15, 0.2) is 0 Å². The Morgan fingerprint density at radius 2 is 1.73 bits per heavy atom. The summed E-state index contributed by atoms with van der Waals surface area (Å²) >= 11 is 1.29. The van der Waals surface area contributed by atoms with Crippen molar-refractivity contribution in [3.05, 3.63) is 59.5 Å². The molecular weight excluding hydrogens is 434 g/mol. The maximum absolute atomic E-state index is 13.0. The van der Waals surface area contributed by atoms with E-state index in [0.29, 0.717) is 26.9 Å². The Morgan fingerprint density at radius 3 is 2.36 bits per heavy atom. The van der Waals surface area contributed by atoms with Crippen LogP contribution < -0.4 is 20.5 Å². The molecule has 0 aliphatic heterocycles. The van der Waals surface area contributed by atoms with Crippen LogP contribution in [-0.2, 0) is 0 Å². The van der Waals surface area contributed by atoms with Crippen molar-refractivity contribution in [3.8, 4) is 33.9 Å². The predicted octanol–water partition coefficient (Wildman–Crippen LogP) is 5.76. The van der Waals surface area contributed by atoms with Crippen LogP contribution in [0.15, 0.2) is 54.6 Å². The Morgan fingerprint density at radius 1 is 1.00 bits per heavy atom. The Kier molecular flexibility index (Phi) is 5.99. The van der Waals surface area contributed by atoms with Gasteiger partial charge in [-0.3, -0.25) is 4.79 Å². The highest BCUT2D eigenvalue weighted by Gasteiger charge is 2.25. The number of thiophene rings is 1. The van der Waals surface area contributed by atoms with E-state index in [1.54, 1.807) is 14.2 Å². The topological polar surface area (TPSA) is 86.5 Å². The van der Waals surface area contributed by atoms with E-state index in [2.05, 4.69) is 5.32 Å². The van der Waals surface area contributed by atoms with E-state index in [9.17, 15) is 4.79 Å². The van der Waals surface area contributed by atoms with Gasteiger partial charge in [-0.25, -0.2) is 4.98 Å². The van der Waals surface area contributed by atoms with Gasteiger partial charge in [-0.15, -0.1) is 11.3 Å². The lowest BCUT2D eigenvalue weighted by Crippen LogP contribution is -2.40. The Balaban J connectivity index is 2.03. The average molecular weight is 462 g/mol. The monoisotopic (exact) mass is 461 g/mol. The van der Waals surface area contributed by atoms with E-state index in [-0.39, 0.29) is 11.4 Å². The lowest BCUT2D eigenvalue weighted by molar-refractivity contribution is 0.0924. The van der Waals surface area contributed by atoms with Crippen molar-refractivity contribution in [1.82, 2.24) is 10.3 Å². The fraction of sp³-hybridized carbons (Fsp3) is 0.231. The highest BCUT2D eigenvalue weighted by molar-refractivity contribution is 7.21. The summed E-state index contributed by atoms with van der Waals surface area (Å²) in [6, 6.07) is 17.5. The number of benzene rings is 2. The summed E-state index contributed by atoms with van der Waals surface area (Å²) in [5.41, 5.74) is 10.0. The summed E-state index contributed by atoms with van der Waals surface area (Å²) in [4.78, 5) is 19.0. The van der Waals surface area contributed by atoms with Crippen molar-refractivity contribution >= 4 is 33.1 Å². The van der Waals surface area contributed by atoms with Crippen LogP contribution in [0.4, 0.5) is 5.69 Å². The van der Waals surface area contributed by atoms with Crippen molar-refractivity contribution in [2.45, 2.75) is 26.3 Å². The number of nitrogen functional groups attached to an aromatic ring is 1. The molecule has 0 saturated carbocycles. The van der Waals surface area contributed by atoms with Crippen LogP contribution in [-0.4, -0.2) is 30.6 Å². The Labute approximate surface area is 197 Å². The number of aromatic nitrogens is 1. The van der Waals surface area contributed by atoms with E-state index < -0.39 is 0 Å². The number of hydrogen-bond donors (Lipinski definition) is 2. The second kappa shape index (κ2) is 8.75. The minimum absolute atomic E-state index is 0.215. The van der Waals surface area contributed by atoms with Crippen molar-refractivity contribution in [1.29, 1.82) is 0 Å². The van der Waals surface area contributed by atoms with Gasteiger partial charge in [-0.05, 0) is 45.0 Å². The number of nitrogens with one attached hydrogen (secondary N) is 1. The van der Waals surface area contributed by atoms with Crippen molar-refractivity contribution in [2.75, 3.05) is 20.0 Å². The van der Waals surface area contributed by atoms with Crippen LogP contribution >= 0.6 is 11.3 Å². The first kappa shape index (κ1) is 22.6. The number of carbonyl (C=O) groups is 1. The van der Waals surface area contributed by atoms with Crippen LogP contribution in [0.2, 0.25) is 0 Å². The number of nitrogens with two attached hydrogens (primary N) is 1. The number of pyridine rings is 1. The summed E-state index contributed by atoms with van der Waals surface area (Å²) in [6.07, 6.45) is 0. The minimum Gasteiger partial charge on any atom is -0.497 e. The molecule has 0 bridgehead atoms. The maximum atomic E-state index is 13.0. The number of anilines is 1. The normalized spacial score (nSPS) is 11.4. The van der Waals surface area contributed by atoms with Crippen LogP contribution in [0.5, 0.6) is 11.5 Å². The highest BCUT2D eigenvalue weighted by atomic mass is 32.1. The number of fused-ring (bicyclic) bond motifs is 1. The maximum Gasteiger partial charge on any atom is 0.263 e. The largest absolute Gasteiger partial charge is 0.497 e. The molecule has 0 aliphatic rings.